The highest BCUT2D eigenvalue weighted by Crippen LogP contribution is 2.46. The monoisotopic (exact) mass is 459 g/mol. The molecule has 0 unspecified atom stereocenters. The first kappa shape index (κ1) is 22.3. The average molecular weight is 460 g/mol. The second-order valence-corrected chi connectivity index (χ2v) is 7.93. The van der Waals surface area contributed by atoms with Crippen molar-refractivity contribution in [3.05, 3.63) is 70.1 Å². The molecule has 0 aliphatic heterocycles. The van der Waals surface area contributed by atoms with E-state index < -0.39 is 18.5 Å². The van der Waals surface area contributed by atoms with Crippen molar-refractivity contribution in [1.82, 2.24) is 0 Å². The number of aromatic carboxylic acids is 1. The molecule has 1 amide bonds. The smallest absolute Gasteiger partial charge is 0.349 e. The van der Waals surface area contributed by atoms with E-state index in [-0.39, 0.29) is 21.6 Å². The van der Waals surface area contributed by atoms with Crippen molar-refractivity contribution in [1.29, 1.82) is 0 Å². The predicted molar refractivity (Wildman–Crippen MR) is 118 cm³/mol. The molecule has 0 saturated heterocycles. The highest BCUT2D eigenvalue weighted by molar-refractivity contribution is 7.18. The normalized spacial score (nSPS) is 10.5. The van der Waals surface area contributed by atoms with Gasteiger partial charge in [-0.15, -0.1) is 11.3 Å². The molecule has 1 heterocycles. The number of ether oxygens (including phenoxy) is 1. The number of nitrogens with zero attached hydrogens (tertiary/aromatic N) is 1. The maximum absolute atomic E-state index is 12.3. The van der Waals surface area contributed by atoms with Crippen LogP contribution in [0.3, 0.4) is 0 Å². The molecule has 0 fully saturated rings. The van der Waals surface area contributed by atoms with Gasteiger partial charge in [-0.25, -0.2) is 9.59 Å². The summed E-state index contributed by atoms with van der Waals surface area (Å²) in [4.78, 5) is 36.5. The van der Waals surface area contributed by atoms with Crippen LogP contribution in [0.5, 0.6) is 5.75 Å². The minimum Gasteiger partial charge on any atom is -0.479 e. The van der Waals surface area contributed by atoms with Gasteiger partial charge in [-0.2, -0.15) is 0 Å². The van der Waals surface area contributed by atoms with Crippen LogP contribution in [0.1, 0.15) is 22.2 Å². The second-order valence-electron chi connectivity index (χ2n) is 6.53. The van der Waals surface area contributed by atoms with E-state index in [1.807, 2.05) is 30.3 Å². The second kappa shape index (κ2) is 9.63. The molecule has 3 rings (SSSR count). The van der Waals surface area contributed by atoms with Crippen LogP contribution in [-0.2, 0) is 16.1 Å². The number of benzene rings is 2. The Bertz CT molecular complexity index is 1130. The molecule has 0 saturated carbocycles. The fourth-order valence-corrected chi connectivity index (χ4v) is 4.35. The number of anilines is 1. The van der Waals surface area contributed by atoms with Crippen LogP contribution in [-0.4, -0.2) is 34.7 Å². The number of hydrogen-bond donors (Lipinski definition) is 2. The summed E-state index contributed by atoms with van der Waals surface area (Å²) in [6.07, 6.45) is 0. The molecule has 0 radical (unpaired) electrons. The highest BCUT2D eigenvalue weighted by Gasteiger charge is 2.25. The first-order chi connectivity index (χ1) is 14.8. The Labute approximate surface area is 187 Å². The number of hydrogen-bond acceptors (Lipinski definition) is 5. The Balaban J connectivity index is 2.00. The lowest BCUT2D eigenvalue weighted by Gasteiger charge is -2.22. The van der Waals surface area contributed by atoms with Gasteiger partial charge >= 0.3 is 11.9 Å². The molecule has 2 aromatic carbocycles. The summed E-state index contributed by atoms with van der Waals surface area (Å²) in [5.74, 6) is -2.87. The highest BCUT2D eigenvalue weighted by atomic mass is 35.5. The van der Waals surface area contributed by atoms with E-state index in [1.165, 1.54) is 6.92 Å². The summed E-state index contributed by atoms with van der Waals surface area (Å²) >= 11 is 7.24. The molecule has 2 N–H and O–H groups in total. The van der Waals surface area contributed by atoms with Crippen molar-refractivity contribution in [3.8, 4) is 16.2 Å². The van der Waals surface area contributed by atoms with Gasteiger partial charge in [0.15, 0.2) is 17.2 Å². The summed E-state index contributed by atoms with van der Waals surface area (Å²) in [5, 5.41) is 18.3. The van der Waals surface area contributed by atoms with Gasteiger partial charge in [0.25, 0.3) is 0 Å². The zero-order valence-electron chi connectivity index (χ0n) is 16.4. The van der Waals surface area contributed by atoms with E-state index in [2.05, 4.69) is 0 Å². The van der Waals surface area contributed by atoms with Gasteiger partial charge in [0.05, 0.1) is 11.4 Å². The topological polar surface area (TPSA) is 104 Å². The van der Waals surface area contributed by atoms with E-state index in [0.717, 1.165) is 16.9 Å². The summed E-state index contributed by atoms with van der Waals surface area (Å²) in [6, 6.07) is 16.5. The molecule has 0 atom stereocenters. The van der Waals surface area contributed by atoms with E-state index in [4.69, 9.17) is 21.4 Å². The number of carboxylic acids is 2. The van der Waals surface area contributed by atoms with E-state index in [0.29, 0.717) is 22.7 Å². The molecular formula is C22H18ClNO6S. The van der Waals surface area contributed by atoms with Gasteiger partial charge in [-0.3, -0.25) is 4.79 Å². The summed E-state index contributed by atoms with van der Waals surface area (Å²) in [5.41, 5.74) is 2.15. The maximum atomic E-state index is 12.3. The number of carboxylic acid groups (broad SMARTS) is 2. The van der Waals surface area contributed by atoms with Gasteiger partial charge in [-0.05, 0) is 23.3 Å². The predicted octanol–water partition coefficient (Wildman–Crippen LogP) is 4.78. The van der Waals surface area contributed by atoms with Crippen LogP contribution >= 0.6 is 22.9 Å². The van der Waals surface area contributed by atoms with E-state index >= 15 is 0 Å². The number of amides is 1. The third-order valence-corrected chi connectivity index (χ3v) is 6.01. The molecule has 160 valence electrons. The molecule has 3 aromatic rings. The molecule has 31 heavy (non-hydrogen) atoms. The number of thiophene rings is 1. The zero-order chi connectivity index (χ0) is 22.5. The average Bonchev–Trinajstić information content (AvgIpc) is 3.07. The number of carbonyl (C=O) groups excluding carboxylic acids is 1. The van der Waals surface area contributed by atoms with Crippen molar-refractivity contribution in [3.63, 3.8) is 0 Å². The number of carbonyl (C=O) groups is 3. The lowest BCUT2D eigenvalue weighted by Crippen LogP contribution is -2.27. The van der Waals surface area contributed by atoms with Gasteiger partial charge in [0.1, 0.15) is 5.02 Å². The van der Waals surface area contributed by atoms with Gasteiger partial charge in [0, 0.05) is 12.6 Å². The maximum Gasteiger partial charge on any atom is 0.349 e. The Hall–Kier alpha value is -3.36. The van der Waals surface area contributed by atoms with Gasteiger partial charge in [0.2, 0.25) is 5.91 Å². The minimum atomic E-state index is -1.27. The Morgan fingerprint density at radius 3 is 2.39 bits per heavy atom. The number of aliphatic carboxylic acids is 1. The lowest BCUT2D eigenvalue weighted by molar-refractivity contribution is -0.139. The third kappa shape index (κ3) is 5.22. The van der Waals surface area contributed by atoms with Crippen molar-refractivity contribution < 1.29 is 29.3 Å². The molecule has 7 nitrogen and oxygen atoms in total. The van der Waals surface area contributed by atoms with Crippen molar-refractivity contribution >= 4 is 46.5 Å². The van der Waals surface area contributed by atoms with Crippen molar-refractivity contribution in [2.45, 2.75) is 13.5 Å². The summed E-state index contributed by atoms with van der Waals surface area (Å²) in [6.45, 7) is 1.12. The van der Waals surface area contributed by atoms with Crippen LogP contribution in [0.4, 0.5) is 5.69 Å². The first-order valence-corrected chi connectivity index (χ1v) is 10.3. The minimum absolute atomic E-state index is 0.0123. The van der Waals surface area contributed by atoms with Crippen LogP contribution < -0.4 is 9.64 Å². The zero-order valence-corrected chi connectivity index (χ0v) is 17.9. The lowest BCUT2D eigenvalue weighted by atomic mass is 10.1. The molecule has 0 bridgehead atoms. The van der Waals surface area contributed by atoms with Gasteiger partial charge < -0.3 is 19.8 Å². The van der Waals surface area contributed by atoms with Crippen molar-refractivity contribution in [2.75, 3.05) is 11.5 Å². The number of rotatable bonds is 8. The molecule has 1 aromatic heterocycles. The quantitative estimate of drug-likeness (QED) is 0.502. The summed E-state index contributed by atoms with van der Waals surface area (Å²) < 4.78 is 5.12. The third-order valence-electron chi connectivity index (χ3n) is 4.33. The molecule has 0 aliphatic rings. The first-order valence-electron chi connectivity index (χ1n) is 9.10. The van der Waals surface area contributed by atoms with Gasteiger partial charge in [-0.1, -0.05) is 54.1 Å². The molecule has 0 aliphatic carbocycles. The molecular weight excluding hydrogens is 442 g/mol. The van der Waals surface area contributed by atoms with Crippen LogP contribution in [0.25, 0.3) is 10.4 Å². The fraction of sp³-hybridized carbons (Fsp3) is 0.136. The standard InChI is InChI=1S/C22H18ClNO6S/c1-13(25)24(11-14-6-3-2-4-7-14)16-9-5-8-15(10-16)20-18(23)19(30-12-17(26)27)21(31-20)22(28)29/h2-10H,11-12H2,1H3,(H,26,27)(H,28,29). The Kier molecular flexibility index (Phi) is 6.94. The summed E-state index contributed by atoms with van der Waals surface area (Å²) in [7, 11) is 0. The largest absolute Gasteiger partial charge is 0.479 e. The fourth-order valence-electron chi connectivity index (χ4n) is 2.95. The van der Waals surface area contributed by atoms with Crippen molar-refractivity contribution in [2.24, 2.45) is 0 Å². The van der Waals surface area contributed by atoms with Crippen LogP contribution in [0.15, 0.2) is 54.6 Å². The van der Waals surface area contributed by atoms with E-state index in [9.17, 15) is 19.5 Å². The number of halogens is 1. The Morgan fingerprint density at radius 2 is 1.77 bits per heavy atom. The van der Waals surface area contributed by atoms with Crippen LogP contribution in [0, 0.1) is 0 Å². The van der Waals surface area contributed by atoms with Crippen LogP contribution in [0.2, 0.25) is 5.02 Å². The molecule has 9 heteroatoms. The SMILES string of the molecule is CC(=O)N(Cc1ccccc1)c1cccc(-c2sc(C(=O)O)c(OCC(=O)O)c2Cl)c1. The van der Waals surface area contributed by atoms with E-state index in [1.54, 1.807) is 29.2 Å². The molecule has 0 spiro atoms. The Morgan fingerprint density at radius 1 is 1.06 bits per heavy atom.